The van der Waals surface area contributed by atoms with Crippen molar-refractivity contribution in [1.29, 1.82) is 0 Å². The number of amides is 1. The smallest absolute Gasteiger partial charge is 0.225 e. The third-order valence-electron chi connectivity index (χ3n) is 2.49. The molecule has 16 heavy (non-hydrogen) atoms. The maximum Gasteiger partial charge on any atom is 0.225 e. The van der Waals surface area contributed by atoms with Crippen LogP contribution in [-0.2, 0) is 11.3 Å². The lowest BCUT2D eigenvalue weighted by atomic mass is 10.2. The second kappa shape index (κ2) is 4.17. The minimum absolute atomic E-state index is 0.0811. The molecule has 2 rings (SSSR count). The van der Waals surface area contributed by atoms with Gasteiger partial charge in [0.05, 0.1) is 12.5 Å². The molecular weight excluding hydrogens is 216 g/mol. The van der Waals surface area contributed by atoms with E-state index in [1.807, 2.05) is 0 Å². The van der Waals surface area contributed by atoms with Crippen LogP contribution in [0.1, 0.15) is 12.0 Å². The Morgan fingerprint density at radius 3 is 2.44 bits per heavy atom. The fraction of sp³-hybridized carbons (Fsp3) is 0.364. The average Bonchev–Trinajstić information content (AvgIpc) is 2.43. The number of likely N-dealkylation sites (tertiary alicyclic amines) is 1. The number of nitrogens with zero attached hydrogens (tertiary/aromatic N) is 1. The van der Waals surface area contributed by atoms with Crippen molar-refractivity contribution in [2.45, 2.75) is 19.1 Å². The van der Waals surface area contributed by atoms with Crippen LogP contribution in [0, 0.1) is 11.6 Å². The normalized spacial score (nSPS) is 20.6. The number of halogens is 2. The quantitative estimate of drug-likeness (QED) is 0.820. The molecule has 1 unspecified atom stereocenters. The number of aliphatic hydroxyl groups is 1. The predicted molar refractivity (Wildman–Crippen MR) is 52.4 cm³/mol. The van der Waals surface area contributed by atoms with Gasteiger partial charge in [-0.1, -0.05) is 0 Å². The standard InChI is InChI=1S/C11H11F2NO2/c12-8-1-7(2-9(13)3-8)5-14-6-10(15)4-11(14)16/h1-3,10,15H,4-6H2. The van der Waals surface area contributed by atoms with Gasteiger partial charge in [-0.05, 0) is 17.7 Å². The first-order valence-electron chi connectivity index (χ1n) is 4.95. The summed E-state index contributed by atoms with van der Waals surface area (Å²) in [7, 11) is 0. The van der Waals surface area contributed by atoms with Crippen molar-refractivity contribution in [3.8, 4) is 0 Å². The largest absolute Gasteiger partial charge is 0.391 e. The molecule has 1 aromatic carbocycles. The van der Waals surface area contributed by atoms with Crippen LogP contribution in [0.2, 0.25) is 0 Å². The van der Waals surface area contributed by atoms with Crippen molar-refractivity contribution in [3.05, 3.63) is 35.4 Å². The highest BCUT2D eigenvalue weighted by Gasteiger charge is 2.27. The highest BCUT2D eigenvalue weighted by Crippen LogP contribution is 2.16. The number of benzene rings is 1. The number of carbonyl (C=O) groups is 1. The van der Waals surface area contributed by atoms with Crippen LogP contribution in [-0.4, -0.2) is 28.6 Å². The summed E-state index contributed by atoms with van der Waals surface area (Å²) < 4.78 is 25.8. The topological polar surface area (TPSA) is 40.5 Å². The number of aliphatic hydroxyl groups excluding tert-OH is 1. The van der Waals surface area contributed by atoms with Gasteiger partial charge in [0, 0.05) is 19.2 Å². The lowest BCUT2D eigenvalue weighted by molar-refractivity contribution is -0.128. The number of rotatable bonds is 2. The summed E-state index contributed by atoms with van der Waals surface area (Å²) in [4.78, 5) is 12.7. The van der Waals surface area contributed by atoms with E-state index in [1.54, 1.807) is 0 Å². The molecule has 1 aliphatic heterocycles. The van der Waals surface area contributed by atoms with Crippen LogP contribution < -0.4 is 0 Å². The molecule has 1 heterocycles. The Hall–Kier alpha value is -1.49. The lowest BCUT2D eigenvalue weighted by Crippen LogP contribution is -2.25. The summed E-state index contributed by atoms with van der Waals surface area (Å²) in [5.41, 5.74) is 0.389. The minimum atomic E-state index is -0.675. The summed E-state index contributed by atoms with van der Waals surface area (Å²) in [6, 6.07) is 3.15. The Labute approximate surface area is 91.3 Å². The molecule has 3 nitrogen and oxygen atoms in total. The van der Waals surface area contributed by atoms with Crippen LogP contribution in [0.4, 0.5) is 8.78 Å². The van der Waals surface area contributed by atoms with Crippen LogP contribution in [0.25, 0.3) is 0 Å². The third kappa shape index (κ3) is 2.36. The maximum atomic E-state index is 12.9. The zero-order valence-corrected chi connectivity index (χ0v) is 8.49. The van der Waals surface area contributed by atoms with E-state index in [2.05, 4.69) is 0 Å². The summed E-state index contributed by atoms with van der Waals surface area (Å²) >= 11 is 0. The van der Waals surface area contributed by atoms with Gasteiger partial charge in [0.25, 0.3) is 0 Å². The molecule has 1 atom stereocenters. The Morgan fingerprint density at radius 1 is 1.31 bits per heavy atom. The number of β-amino-alcohol motifs (C(OH)–C–C–N with tert-alkyl or cyclic N) is 1. The molecule has 86 valence electrons. The SMILES string of the molecule is O=C1CC(O)CN1Cc1cc(F)cc(F)c1. The predicted octanol–water partition coefficient (Wildman–Crippen LogP) is 1.06. The van der Waals surface area contributed by atoms with Crippen molar-refractivity contribution in [1.82, 2.24) is 4.90 Å². The fourth-order valence-corrected chi connectivity index (χ4v) is 1.83. The summed E-state index contributed by atoms with van der Waals surface area (Å²) in [6.07, 6.45) is -0.594. The number of hydrogen-bond acceptors (Lipinski definition) is 2. The summed E-state index contributed by atoms with van der Waals surface area (Å²) in [5, 5.41) is 9.25. The molecule has 0 bridgehead atoms. The molecule has 5 heteroatoms. The van der Waals surface area contributed by atoms with E-state index in [0.717, 1.165) is 6.07 Å². The molecule has 1 N–H and O–H groups in total. The van der Waals surface area contributed by atoms with E-state index < -0.39 is 17.7 Å². The van der Waals surface area contributed by atoms with Crippen molar-refractivity contribution in [3.63, 3.8) is 0 Å². The minimum Gasteiger partial charge on any atom is -0.391 e. The second-order valence-corrected chi connectivity index (χ2v) is 3.91. The van der Waals surface area contributed by atoms with E-state index >= 15 is 0 Å². The van der Waals surface area contributed by atoms with Crippen molar-refractivity contribution >= 4 is 5.91 Å². The maximum absolute atomic E-state index is 12.9. The Balaban J connectivity index is 2.12. The van der Waals surface area contributed by atoms with Crippen LogP contribution in [0.5, 0.6) is 0 Å². The van der Waals surface area contributed by atoms with E-state index in [4.69, 9.17) is 0 Å². The van der Waals surface area contributed by atoms with Gasteiger partial charge in [-0.3, -0.25) is 4.79 Å². The van der Waals surface area contributed by atoms with Gasteiger partial charge in [-0.25, -0.2) is 8.78 Å². The molecule has 1 aliphatic rings. The Morgan fingerprint density at radius 2 is 1.94 bits per heavy atom. The molecule has 0 saturated carbocycles. The van der Waals surface area contributed by atoms with Gasteiger partial charge in [0.1, 0.15) is 11.6 Å². The van der Waals surface area contributed by atoms with Crippen LogP contribution >= 0.6 is 0 Å². The zero-order chi connectivity index (χ0) is 11.7. The van der Waals surface area contributed by atoms with E-state index in [0.29, 0.717) is 5.56 Å². The first kappa shape index (κ1) is 11.0. The van der Waals surface area contributed by atoms with Gasteiger partial charge >= 0.3 is 0 Å². The van der Waals surface area contributed by atoms with Gasteiger partial charge in [0.2, 0.25) is 5.91 Å². The van der Waals surface area contributed by atoms with Crippen LogP contribution in [0.3, 0.4) is 0 Å². The van der Waals surface area contributed by atoms with Gasteiger partial charge < -0.3 is 10.0 Å². The van der Waals surface area contributed by atoms with Crippen molar-refractivity contribution in [2.24, 2.45) is 0 Å². The van der Waals surface area contributed by atoms with Crippen molar-refractivity contribution in [2.75, 3.05) is 6.54 Å². The summed E-state index contributed by atoms with van der Waals surface area (Å²) in [5.74, 6) is -1.53. The molecule has 1 saturated heterocycles. The number of hydrogen-bond donors (Lipinski definition) is 1. The molecular formula is C11H11F2NO2. The average molecular weight is 227 g/mol. The molecule has 1 amide bonds. The molecule has 0 aromatic heterocycles. The highest BCUT2D eigenvalue weighted by molar-refractivity contribution is 5.78. The van der Waals surface area contributed by atoms with Gasteiger partial charge in [-0.2, -0.15) is 0 Å². The van der Waals surface area contributed by atoms with Gasteiger partial charge in [-0.15, -0.1) is 0 Å². The van der Waals surface area contributed by atoms with E-state index in [1.165, 1.54) is 17.0 Å². The molecule has 1 aromatic rings. The number of carbonyl (C=O) groups excluding carboxylic acids is 1. The monoisotopic (exact) mass is 227 g/mol. The lowest BCUT2D eigenvalue weighted by Gasteiger charge is -2.15. The summed E-state index contributed by atoms with van der Waals surface area (Å²) in [6.45, 7) is 0.349. The second-order valence-electron chi connectivity index (χ2n) is 3.91. The molecule has 0 aliphatic carbocycles. The molecule has 1 fully saturated rings. The van der Waals surface area contributed by atoms with E-state index in [-0.39, 0.29) is 25.4 Å². The first-order valence-corrected chi connectivity index (χ1v) is 4.95. The van der Waals surface area contributed by atoms with Gasteiger partial charge in [0.15, 0.2) is 0 Å². The highest BCUT2D eigenvalue weighted by atomic mass is 19.1. The van der Waals surface area contributed by atoms with Crippen molar-refractivity contribution < 1.29 is 18.7 Å². The Kier molecular flexibility index (Phi) is 2.87. The first-order chi connectivity index (χ1) is 7.54. The molecule has 0 spiro atoms. The van der Waals surface area contributed by atoms with E-state index in [9.17, 15) is 18.7 Å². The zero-order valence-electron chi connectivity index (χ0n) is 8.49. The fourth-order valence-electron chi connectivity index (χ4n) is 1.83. The Bertz CT molecular complexity index is 402. The molecule has 0 radical (unpaired) electrons. The third-order valence-corrected chi connectivity index (χ3v) is 2.49. The van der Waals surface area contributed by atoms with Crippen LogP contribution in [0.15, 0.2) is 18.2 Å².